The van der Waals surface area contributed by atoms with Gasteiger partial charge in [0.25, 0.3) is 0 Å². The van der Waals surface area contributed by atoms with Gasteiger partial charge in [-0.05, 0) is 12.8 Å². The first-order valence-electron chi connectivity index (χ1n) is 5.08. The lowest BCUT2D eigenvalue weighted by molar-refractivity contribution is 0.204. The van der Waals surface area contributed by atoms with E-state index in [9.17, 15) is 9.59 Å². The number of primary amides is 2. The van der Waals surface area contributed by atoms with Crippen LogP contribution in [0.15, 0.2) is 0 Å². The molecule has 0 atom stereocenters. The monoisotopic (exact) mass is 232 g/mol. The van der Waals surface area contributed by atoms with Crippen LogP contribution in [0.2, 0.25) is 0 Å². The second-order valence-corrected chi connectivity index (χ2v) is 3.48. The Bertz CT molecular complexity index is 211. The van der Waals surface area contributed by atoms with E-state index in [1.807, 2.05) is 0 Å². The van der Waals surface area contributed by atoms with Gasteiger partial charge in [-0.15, -0.1) is 0 Å². The minimum absolute atomic E-state index is 0.428. The highest BCUT2D eigenvalue weighted by atomic mass is 16.2. The third-order valence-electron chi connectivity index (χ3n) is 2.11. The summed E-state index contributed by atoms with van der Waals surface area (Å²) < 4.78 is 0. The first-order chi connectivity index (χ1) is 7.45. The molecule has 0 saturated carbocycles. The molecule has 0 aromatic carbocycles. The van der Waals surface area contributed by atoms with Crippen molar-refractivity contribution >= 4 is 12.1 Å². The van der Waals surface area contributed by atoms with E-state index in [0.29, 0.717) is 13.1 Å². The summed E-state index contributed by atoms with van der Waals surface area (Å²) in [5, 5.41) is 1.94. The largest absolute Gasteiger partial charge is 0.350 e. The lowest BCUT2D eigenvalue weighted by atomic mass is 10.2. The Balaban J connectivity index is 3.34. The summed E-state index contributed by atoms with van der Waals surface area (Å²) in [4.78, 5) is 21.1. The maximum atomic E-state index is 10.5. The summed E-state index contributed by atoms with van der Waals surface area (Å²) in [5.41, 5.74) is 9.87. The average molecular weight is 232 g/mol. The molecule has 4 amide bonds. The van der Waals surface area contributed by atoms with E-state index in [-0.39, 0.29) is 0 Å². The number of hydrogen-bond acceptors (Lipinski definition) is 4. The van der Waals surface area contributed by atoms with Crippen LogP contribution in [-0.4, -0.2) is 35.2 Å². The van der Waals surface area contributed by atoms with Crippen molar-refractivity contribution in [3.63, 3.8) is 0 Å². The molecule has 0 bridgehead atoms. The fourth-order valence-electron chi connectivity index (χ4n) is 1.14. The Hall–Kier alpha value is -1.54. The molecule has 16 heavy (non-hydrogen) atoms. The third-order valence-corrected chi connectivity index (χ3v) is 2.11. The van der Waals surface area contributed by atoms with Crippen molar-refractivity contribution in [2.45, 2.75) is 25.7 Å². The maximum absolute atomic E-state index is 10.5. The van der Waals surface area contributed by atoms with Crippen LogP contribution in [0, 0.1) is 0 Å². The Morgan fingerprint density at radius 2 is 1.06 bits per heavy atom. The Kier molecular flexibility index (Phi) is 6.97. The molecule has 0 unspecified atom stereocenters. The van der Waals surface area contributed by atoms with Crippen molar-refractivity contribution in [2.75, 3.05) is 13.1 Å². The number of rotatable bonds is 7. The first kappa shape index (κ1) is 14.5. The van der Waals surface area contributed by atoms with Crippen molar-refractivity contribution < 1.29 is 9.59 Å². The predicted molar refractivity (Wildman–Crippen MR) is 59.4 cm³/mol. The molecule has 0 saturated heterocycles. The fraction of sp³-hybridized carbons (Fsp3) is 0.750. The van der Waals surface area contributed by atoms with E-state index in [2.05, 4.69) is 0 Å². The van der Waals surface area contributed by atoms with E-state index in [4.69, 9.17) is 23.2 Å². The van der Waals surface area contributed by atoms with Gasteiger partial charge in [-0.1, -0.05) is 12.8 Å². The zero-order valence-electron chi connectivity index (χ0n) is 9.26. The molecule has 0 aromatic rings. The molecule has 0 fully saturated rings. The zero-order chi connectivity index (χ0) is 12.6. The number of hydrogen-bond donors (Lipinski definition) is 4. The van der Waals surface area contributed by atoms with Crippen LogP contribution >= 0.6 is 0 Å². The minimum atomic E-state index is -0.637. The molecule has 0 spiro atoms. The SMILES string of the molecule is NC(=O)N(N)CCCCCCN(N)C(N)=O. The van der Waals surface area contributed by atoms with E-state index < -0.39 is 12.1 Å². The van der Waals surface area contributed by atoms with Crippen LogP contribution < -0.4 is 23.2 Å². The van der Waals surface area contributed by atoms with Crippen LogP contribution in [0.1, 0.15) is 25.7 Å². The van der Waals surface area contributed by atoms with Crippen molar-refractivity contribution in [3.05, 3.63) is 0 Å². The normalized spacial score (nSPS) is 9.88. The molecule has 0 rings (SSSR count). The summed E-state index contributed by atoms with van der Waals surface area (Å²) in [6.45, 7) is 0.856. The van der Waals surface area contributed by atoms with Gasteiger partial charge < -0.3 is 11.5 Å². The molecule has 0 aliphatic rings. The smallest absolute Gasteiger partial charge is 0.328 e. The molecule has 8 N–H and O–H groups in total. The number of hydrazine groups is 2. The summed E-state index contributed by atoms with van der Waals surface area (Å²) in [6, 6.07) is -1.27. The van der Waals surface area contributed by atoms with Gasteiger partial charge in [-0.2, -0.15) is 0 Å². The van der Waals surface area contributed by atoms with E-state index in [1.54, 1.807) is 0 Å². The number of nitrogens with zero attached hydrogens (tertiary/aromatic N) is 2. The third kappa shape index (κ3) is 6.85. The topological polar surface area (TPSA) is 145 Å². The van der Waals surface area contributed by atoms with Gasteiger partial charge in [0.1, 0.15) is 0 Å². The maximum Gasteiger partial charge on any atom is 0.328 e. The molecule has 0 aromatic heterocycles. The highest BCUT2D eigenvalue weighted by Crippen LogP contribution is 2.00. The van der Waals surface area contributed by atoms with Gasteiger partial charge in [0, 0.05) is 13.1 Å². The number of carbonyl (C=O) groups is 2. The second-order valence-electron chi connectivity index (χ2n) is 3.48. The van der Waals surface area contributed by atoms with Crippen LogP contribution in [-0.2, 0) is 0 Å². The Labute approximate surface area is 94.4 Å². The Morgan fingerprint density at radius 1 is 0.750 bits per heavy atom. The second kappa shape index (κ2) is 7.71. The molecule has 8 nitrogen and oxygen atoms in total. The Morgan fingerprint density at radius 3 is 1.31 bits per heavy atom. The summed E-state index contributed by atoms with van der Waals surface area (Å²) in [7, 11) is 0. The molecule has 0 aliphatic heterocycles. The van der Waals surface area contributed by atoms with E-state index in [0.717, 1.165) is 35.7 Å². The average Bonchev–Trinajstić information content (AvgIpc) is 2.21. The van der Waals surface area contributed by atoms with Gasteiger partial charge in [0.05, 0.1) is 0 Å². The summed E-state index contributed by atoms with van der Waals surface area (Å²) in [6.07, 6.45) is 3.29. The van der Waals surface area contributed by atoms with Gasteiger partial charge in [0.2, 0.25) is 0 Å². The lowest BCUT2D eigenvalue weighted by Gasteiger charge is -2.14. The number of urea groups is 2. The van der Waals surface area contributed by atoms with Gasteiger partial charge in [0.15, 0.2) is 0 Å². The molecule has 8 heteroatoms. The van der Waals surface area contributed by atoms with Gasteiger partial charge in [-0.3, -0.25) is 10.0 Å². The molecular weight excluding hydrogens is 212 g/mol. The highest BCUT2D eigenvalue weighted by molar-refractivity contribution is 5.71. The van der Waals surface area contributed by atoms with Crippen molar-refractivity contribution in [3.8, 4) is 0 Å². The number of carbonyl (C=O) groups excluding carboxylic acids is 2. The van der Waals surface area contributed by atoms with Crippen molar-refractivity contribution in [2.24, 2.45) is 23.2 Å². The quantitative estimate of drug-likeness (QED) is 0.194. The standard InChI is InChI=1S/C8H20N6O2/c9-7(15)13(11)5-3-1-2-4-6-14(12)8(10)16/h1-6,11-12H2,(H2,9,15)(H2,10,16). The van der Waals surface area contributed by atoms with Gasteiger partial charge in [-0.25, -0.2) is 21.3 Å². The van der Waals surface area contributed by atoms with Crippen LogP contribution in [0.25, 0.3) is 0 Å². The van der Waals surface area contributed by atoms with Crippen LogP contribution in [0.3, 0.4) is 0 Å². The summed E-state index contributed by atoms with van der Waals surface area (Å²) in [5.74, 6) is 10.6. The molecule has 0 heterocycles. The van der Waals surface area contributed by atoms with Crippen LogP contribution in [0.5, 0.6) is 0 Å². The highest BCUT2D eigenvalue weighted by Gasteiger charge is 2.04. The van der Waals surface area contributed by atoms with E-state index >= 15 is 0 Å². The number of unbranched alkanes of at least 4 members (excludes halogenated alkanes) is 3. The van der Waals surface area contributed by atoms with Crippen LogP contribution in [0.4, 0.5) is 9.59 Å². The fourth-order valence-corrected chi connectivity index (χ4v) is 1.14. The van der Waals surface area contributed by atoms with Crippen molar-refractivity contribution in [1.29, 1.82) is 0 Å². The summed E-state index contributed by atoms with van der Waals surface area (Å²) >= 11 is 0. The minimum Gasteiger partial charge on any atom is -0.350 e. The van der Waals surface area contributed by atoms with Crippen molar-refractivity contribution in [1.82, 2.24) is 10.0 Å². The molecule has 94 valence electrons. The molecule has 0 aliphatic carbocycles. The molecular formula is C8H20N6O2. The zero-order valence-corrected chi connectivity index (χ0v) is 9.26. The predicted octanol–water partition coefficient (Wildman–Crippen LogP) is -0.944. The molecule has 0 radical (unpaired) electrons. The number of amides is 4. The van der Waals surface area contributed by atoms with Gasteiger partial charge >= 0.3 is 12.1 Å². The number of nitrogens with two attached hydrogens (primary N) is 4. The lowest BCUT2D eigenvalue weighted by Crippen LogP contribution is -2.42. The first-order valence-corrected chi connectivity index (χ1v) is 5.08. The van der Waals surface area contributed by atoms with E-state index in [1.165, 1.54) is 0 Å².